The van der Waals surface area contributed by atoms with E-state index >= 15 is 0 Å². The van der Waals surface area contributed by atoms with E-state index in [4.69, 9.17) is 17.3 Å². The highest BCUT2D eigenvalue weighted by Gasteiger charge is 2.33. The van der Waals surface area contributed by atoms with Gasteiger partial charge in [0, 0.05) is 11.1 Å². The number of nitrogens with two attached hydrogens (primary N) is 1. The summed E-state index contributed by atoms with van der Waals surface area (Å²) in [5.41, 5.74) is 5.97. The van der Waals surface area contributed by atoms with Crippen molar-refractivity contribution >= 4 is 50.6 Å². The molecule has 27 heavy (non-hydrogen) atoms. The molecule has 0 aliphatic carbocycles. The van der Waals surface area contributed by atoms with E-state index in [0.717, 1.165) is 42.0 Å². The second-order valence-corrected chi connectivity index (χ2v) is 7.14. The Balaban J connectivity index is 1.94. The topological polar surface area (TPSA) is 80.9 Å². The monoisotopic (exact) mass is 414 g/mol. The van der Waals surface area contributed by atoms with Crippen LogP contribution >= 0.6 is 22.9 Å². The summed E-state index contributed by atoms with van der Waals surface area (Å²) in [5.74, 6) is -1.07. The van der Waals surface area contributed by atoms with Gasteiger partial charge in [-0.1, -0.05) is 24.9 Å². The fourth-order valence-electron chi connectivity index (χ4n) is 2.45. The lowest BCUT2D eigenvalue weighted by Gasteiger charge is -2.10. The maximum Gasteiger partial charge on any atom is 0.433 e. The molecule has 0 fully saturated rings. The number of hydrogen-bond donors (Lipinski definition) is 2. The lowest BCUT2D eigenvalue weighted by atomic mass is 10.2. The lowest BCUT2D eigenvalue weighted by Crippen LogP contribution is -2.16. The number of amides is 1. The number of fused-ring (bicyclic) bond motifs is 1. The minimum Gasteiger partial charge on any atom is -0.397 e. The molecule has 0 atom stereocenters. The Hall–Kier alpha value is -2.39. The van der Waals surface area contributed by atoms with Gasteiger partial charge in [-0.05, 0) is 30.7 Å². The molecule has 0 spiro atoms. The zero-order valence-electron chi connectivity index (χ0n) is 14.0. The molecule has 142 valence electrons. The second-order valence-electron chi connectivity index (χ2n) is 5.73. The van der Waals surface area contributed by atoms with E-state index in [1.54, 1.807) is 6.07 Å². The molecule has 0 unspecified atom stereocenters. The number of hydrogen-bond acceptors (Lipinski definition) is 5. The Bertz CT molecular complexity index is 1020. The van der Waals surface area contributed by atoms with E-state index in [9.17, 15) is 18.0 Å². The van der Waals surface area contributed by atoms with Crippen molar-refractivity contribution in [3.8, 4) is 0 Å². The Labute approximate surface area is 161 Å². The van der Waals surface area contributed by atoms with Crippen molar-refractivity contribution < 1.29 is 18.0 Å². The summed E-state index contributed by atoms with van der Waals surface area (Å²) in [6.45, 7) is 2.03. The first-order valence-electron chi connectivity index (χ1n) is 7.93. The van der Waals surface area contributed by atoms with Crippen molar-refractivity contribution in [3.05, 3.63) is 45.6 Å². The van der Waals surface area contributed by atoms with Crippen LogP contribution in [-0.4, -0.2) is 15.9 Å². The van der Waals surface area contributed by atoms with E-state index in [-0.39, 0.29) is 21.4 Å². The van der Waals surface area contributed by atoms with Crippen molar-refractivity contribution in [1.29, 1.82) is 0 Å². The maximum atomic E-state index is 12.8. The van der Waals surface area contributed by atoms with Crippen molar-refractivity contribution in [1.82, 2.24) is 9.97 Å². The van der Waals surface area contributed by atoms with Gasteiger partial charge in [0.1, 0.15) is 15.4 Å². The number of nitrogens with one attached hydrogen (secondary N) is 1. The average Bonchev–Trinajstić information content (AvgIpc) is 2.92. The van der Waals surface area contributed by atoms with Gasteiger partial charge in [0.2, 0.25) is 0 Å². The number of nitrogen functional groups attached to an aromatic ring is 1. The highest BCUT2D eigenvalue weighted by Crippen LogP contribution is 2.35. The van der Waals surface area contributed by atoms with Crippen molar-refractivity contribution in [2.24, 2.45) is 0 Å². The Morgan fingerprint density at radius 2 is 2.00 bits per heavy atom. The standard InChI is InChI=1S/C17H14ClF3N4OS/c1-2-3-8-4-5-9-12(22)13(27-16(9)23-8)15(26)25-14-10(18)6-7-11(24-14)17(19,20)21/h4-7H,2-3,22H2,1H3,(H,24,25,26). The van der Waals surface area contributed by atoms with Crippen molar-refractivity contribution in [2.45, 2.75) is 25.9 Å². The predicted octanol–water partition coefficient (Wildman–Crippen LogP) is 5.15. The third kappa shape index (κ3) is 3.98. The molecule has 0 saturated carbocycles. The van der Waals surface area contributed by atoms with Crippen LogP contribution in [0.2, 0.25) is 5.02 Å². The number of aryl methyl sites for hydroxylation is 1. The SMILES string of the molecule is CCCc1ccc2c(N)c(C(=O)Nc3nc(C(F)(F)F)ccc3Cl)sc2n1. The van der Waals surface area contributed by atoms with Crippen LogP contribution in [-0.2, 0) is 12.6 Å². The fraction of sp³-hybridized carbons (Fsp3) is 0.235. The quantitative estimate of drug-likeness (QED) is 0.618. The maximum absolute atomic E-state index is 12.8. The van der Waals surface area contributed by atoms with Gasteiger partial charge in [-0.15, -0.1) is 11.3 Å². The van der Waals surface area contributed by atoms with Gasteiger partial charge in [0.05, 0.1) is 10.7 Å². The molecule has 5 nitrogen and oxygen atoms in total. The minimum atomic E-state index is -4.65. The van der Waals surface area contributed by atoms with Crippen LogP contribution in [0.1, 0.15) is 34.4 Å². The van der Waals surface area contributed by atoms with E-state index in [2.05, 4.69) is 15.3 Å². The number of aromatic nitrogens is 2. The van der Waals surface area contributed by atoms with E-state index in [1.807, 2.05) is 13.0 Å². The van der Waals surface area contributed by atoms with Crippen LogP contribution in [0.5, 0.6) is 0 Å². The zero-order valence-corrected chi connectivity index (χ0v) is 15.6. The largest absolute Gasteiger partial charge is 0.433 e. The number of carbonyl (C=O) groups excluding carboxylic acids is 1. The first-order chi connectivity index (χ1) is 12.7. The number of anilines is 2. The molecule has 3 aromatic rings. The third-order valence-electron chi connectivity index (χ3n) is 3.73. The van der Waals surface area contributed by atoms with Gasteiger partial charge >= 0.3 is 6.18 Å². The Kier molecular flexibility index (Phi) is 5.25. The molecule has 0 aromatic carbocycles. The third-order valence-corrected chi connectivity index (χ3v) is 5.15. The van der Waals surface area contributed by atoms with Crippen LogP contribution in [0.4, 0.5) is 24.7 Å². The molecule has 0 saturated heterocycles. The summed E-state index contributed by atoms with van der Waals surface area (Å²) in [4.78, 5) is 21.1. The van der Waals surface area contributed by atoms with Gasteiger partial charge in [-0.2, -0.15) is 13.2 Å². The molecule has 3 rings (SSSR count). The van der Waals surface area contributed by atoms with Crippen LogP contribution in [0, 0.1) is 0 Å². The van der Waals surface area contributed by atoms with E-state index in [1.165, 1.54) is 0 Å². The van der Waals surface area contributed by atoms with Crippen LogP contribution < -0.4 is 11.1 Å². The molecule has 3 aromatic heterocycles. The second kappa shape index (κ2) is 7.32. The molecule has 0 radical (unpaired) electrons. The van der Waals surface area contributed by atoms with Crippen LogP contribution in [0.3, 0.4) is 0 Å². The molecular formula is C17H14ClF3N4OS. The number of carbonyl (C=O) groups is 1. The molecule has 0 aliphatic heterocycles. The number of rotatable bonds is 4. The van der Waals surface area contributed by atoms with Crippen LogP contribution in [0.25, 0.3) is 10.2 Å². The van der Waals surface area contributed by atoms with Gasteiger partial charge in [0.15, 0.2) is 5.82 Å². The molecule has 3 heterocycles. The summed E-state index contributed by atoms with van der Waals surface area (Å²) in [7, 11) is 0. The number of alkyl halides is 3. The van der Waals surface area contributed by atoms with Gasteiger partial charge in [-0.3, -0.25) is 4.79 Å². The number of thiophene rings is 1. The predicted molar refractivity (Wildman–Crippen MR) is 100 cm³/mol. The average molecular weight is 415 g/mol. The summed E-state index contributed by atoms with van der Waals surface area (Å²) in [6, 6.07) is 5.39. The van der Waals surface area contributed by atoms with Gasteiger partial charge in [-0.25, -0.2) is 9.97 Å². The molecule has 0 aliphatic rings. The normalized spacial score (nSPS) is 11.7. The molecule has 3 N–H and O–H groups in total. The lowest BCUT2D eigenvalue weighted by molar-refractivity contribution is -0.141. The van der Waals surface area contributed by atoms with Crippen LogP contribution in [0.15, 0.2) is 24.3 Å². The smallest absolute Gasteiger partial charge is 0.397 e. The van der Waals surface area contributed by atoms with E-state index in [0.29, 0.717) is 10.2 Å². The summed E-state index contributed by atoms with van der Waals surface area (Å²) in [5, 5.41) is 2.81. The number of pyridine rings is 2. The molecule has 10 heteroatoms. The Morgan fingerprint density at radius 3 is 2.67 bits per heavy atom. The van der Waals surface area contributed by atoms with Gasteiger partial charge in [0.25, 0.3) is 5.91 Å². The Morgan fingerprint density at radius 1 is 1.26 bits per heavy atom. The molecule has 1 amide bonds. The zero-order chi connectivity index (χ0) is 19.8. The first kappa shape index (κ1) is 19.4. The van der Waals surface area contributed by atoms with Crippen molar-refractivity contribution in [3.63, 3.8) is 0 Å². The summed E-state index contributed by atoms with van der Waals surface area (Å²) < 4.78 is 38.5. The van der Waals surface area contributed by atoms with Crippen molar-refractivity contribution in [2.75, 3.05) is 11.1 Å². The summed E-state index contributed by atoms with van der Waals surface area (Å²) in [6.07, 6.45) is -2.94. The fourth-order valence-corrected chi connectivity index (χ4v) is 3.61. The molecule has 0 bridgehead atoms. The first-order valence-corrected chi connectivity index (χ1v) is 9.13. The minimum absolute atomic E-state index is 0.112. The number of nitrogens with zero attached hydrogens (tertiary/aromatic N) is 2. The highest BCUT2D eigenvalue weighted by molar-refractivity contribution is 7.21. The highest BCUT2D eigenvalue weighted by atomic mass is 35.5. The summed E-state index contributed by atoms with van der Waals surface area (Å²) >= 11 is 6.93. The van der Waals surface area contributed by atoms with Gasteiger partial charge < -0.3 is 11.1 Å². The van der Waals surface area contributed by atoms with E-state index < -0.39 is 17.8 Å². The molecular weight excluding hydrogens is 401 g/mol. The number of halogens is 4.